The number of rotatable bonds is 19. The van der Waals surface area contributed by atoms with Gasteiger partial charge in [-0.05, 0) is 73.4 Å². The van der Waals surface area contributed by atoms with Crippen LogP contribution in [-0.4, -0.2) is 95.3 Å². The molecule has 2 aromatic heterocycles. The Morgan fingerprint density at radius 3 is 2.30 bits per heavy atom. The van der Waals surface area contributed by atoms with Crippen molar-refractivity contribution in [1.82, 2.24) is 30.0 Å². The number of piperidine rings is 1. The number of pyridine rings is 2. The zero-order chi connectivity index (χ0) is 42.3. The van der Waals surface area contributed by atoms with E-state index in [9.17, 15) is 28.8 Å². The van der Waals surface area contributed by atoms with Gasteiger partial charge >= 0.3 is 0 Å². The van der Waals surface area contributed by atoms with Gasteiger partial charge in [0.2, 0.25) is 17.7 Å². The molecule has 2 saturated heterocycles. The van der Waals surface area contributed by atoms with E-state index in [4.69, 9.17) is 9.47 Å². The third kappa shape index (κ3) is 8.91. The number of nitrogens with one attached hydrogen (secondary N) is 3. The highest BCUT2D eigenvalue weighted by molar-refractivity contribution is 6.25. The topological polar surface area (TPSA) is 181 Å². The largest absolute Gasteiger partial charge is 0.496 e. The molecule has 0 radical (unpaired) electrons. The minimum absolute atomic E-state index is 0.0739. The molecule has 2 fully saturated rings. The van der Waals surface area contributed by atoms with Gasteiger partial charge in [-0.25, -0.2) is 0 Å². The van der Waals surface area contributed by atoms with Gasteiger partial charge < -0.3 is 24.7 Å². The maximum Gasteiger partial charge on any atom is 0.264 e. The Morgan fingerprint density at radius 2 is 1.60 bits per heavy atom. The molecule has 5 amide bonds. The van der Waals surface area contributed by atoms with E-state index >= 15 is 0 Å². The lowest BCUT2D eigenvalue weighted by Gasteiger charge is -2.39. The van der Waals surface area contributed by atoms with Crippen LogP contribution in [-0.2, 0) is 27.5 Å². The molecule has 0 bridgehead atoms. The second kappa shape index (κ2) is 18.9. The first-order valence-electron chi connectivity index (χ1n) is 20.9. The minimum atomic E-state index is -0.990. The van der Waals surface area contributed by atoms with Gasteiger partial charge in [0.1, 0.15) is 17.5 Å². The summed E-state index contributed by atoms with van der Waals surface area (Å²) in [7, 11) is 3.29. The fraction of sp³-hybridized carbons (Fsp3) is 0.444. The zero-order valence-electron chi connectivity index (χ0n) is 34.5. The molecule has 4 aromatic rings. The standard InChI is InChI=1S/C45H53N7O8/c1-4-51-27-33(30-16-19-46-23-32(30)43(51)56)29-21-37(59-2)34(38(22-29)60-3)26-50-24-28(25-50)20-40(54)48-18-10-8-6-5-7-9-17-47-35-13-11-12-31-41(35)45(58)52(44(31)57)36-14-15-39(53)49-42(36)55/h11-13,16,19,21-23,27-28,36,47H,4-10,14-15,17-18,20,24-26H2,1-3H3,(H,48,54)(H,49,53,55). The van der Waals surface area contributed by atoms with Gasteiger partial charge in [0, 0.05) is 82.0 Å². The fourth-order valence-electron chi connectivity index (χ4n) is 8.56. The van der Waals surface area contributed by atoms with Crippen molar-refractivity contribution >= 4 is 46.0 Å². The van der Waals surface area contributed by atoms with Crippen LogP contribution in [0.3, 0.4) is 0 Å². The van der Waals surface area contributed by atoms with E-state index in [0.717, 1.165) is 78.6 Å². The number of hydrogen-bond acceptors (Lipinski definition) is 11. The van der Waals surface area contributed by atoms with E-state index in [1.165, 1.54) is 0 Å². The van der Waals surface area contributed by atoms with Crippen molar-refractivity contribution in [3.8, 4) is 22.6 Å². The first kappa shape index (κ1) is 42.0. The monoisotopic (exact) mass is 819 g/mol. The third-order valence-corrected chi connectivity index (χ3v) is 11.7. The highest BCUT2D eigenvalue weighted by atomic mass is 16.5. The Hall–Kier alpha value is -6.09. The molecule has 60 heavy (non-hydrogen) atoms. The Labute approximate surface area is 348 Å². The number of nitrogens with zero attached hydrogens (tertiary/aromatic N) is 4. The number of ether oxygens (including phenoxy) is 2. The van der Waals surface area contributed by atoms with Crippen molar-refractivity contribution in [3.05, 3.63) is 82.0 Å². The highest BCUT2D eigenvalue weighted by Gasteiger charge is 2.45. The van der Waals surface area contributed by atoms with Gasteiger partial charge in [-0.3, -0.25) is 48.9 Å². The van der Waals surface area contributed by atoms with Gasteiger partial charge in [0.25, 0.3) is 17.4 Å². The second-order valence-electron chi connectivity index (χ2n) is 15.8. The lowest BCUT2D eigenvalue weighted by Crippen LogP contribution is -2.54. The molecule has 0 spiro atoms. The van der Waals surface area contributed by atoms with Crippen LogP contribution in [0.15, 0.2) is 59.8 Å². The van der Waals surface area contributed by atoms with Crippen LogP contribution in [0.5, 0.6) is 11.5 Å². The van der Waals surface area contributed by atoms with E-state index in [1.807, 2.05) is 31.3 Å². The molecule has 15 nitrogen and oxygen atoms in total. The molecule has 3 N–H and O–H groups in total. The van der Waals surface area contributed by atoms with Crippen LogP contribution in [0.4, 0.5) is 5.69 Å². The lowest BCUT2D eigenvalue weighted by molar-refractivity contribution is -0.136. The van der Waals surface area contributed by atoms with Crippen LogP contribution in [0, 0.1) is 5.92 Å². The molecule has 0 saturated carbocycles. The first-order valence-corrected chi connectivity index (χ1v) is 20.9. The summed E-state index contributed by atoms with van der Waals surface area (Å²) in [4.78, 5) is 83.5. The summed E-state index contributed by atoms with van der Waals surface area (Å²) in [5, 5.41) is 10.00. The van der Waals surface area contributed by atoms with E-state index in [2.05, 4.69) is 25.8 Å². The van der Waals surface area contributed by atoms with Crippen molar-refractivity contribution in [2.45, 2.75) is 83.8 Å². The molecule has 15 heteroatoms. The number of hydrogen-bond donors (Lipinski definition) is 3. The second-order valence-corrected chi connectivity index (χ2v) is 15.8. The molecule has 1 atom stereocenters. The van der Waals surface area contributed by atoms with E-state index in [1.54, 1.807) is 49.4 Å². The zero-order valence-corrected chi connectivity index (χ0v) is 34.5. The summed E-state index contributed by atoms with van der Waals surface area (Å²) in [6.07, 6.45) is 11.8. The van der Waals surface area contributed by atoms with Crippen molar-refractivity contribution in [3.63, 3.8) is 0 Å². The Morgan fingerprint density at radius 1 is 0.883 bits per heavy atom. The Kier molecular flexibility index (Phi) is 13.2. The van der Waals surface area contributed by atoms with Crippen molar-refractivity contribution < 1.29 is 33.4 Å². The molecule has 1 unspecified atom stereocenters. The number of anilines is 1. The number of benzene rings is 2. The molecule has 3 aliphatic heterocycles. The van der Waals surface area contributed by atoms with E-state index in [0.29, 0.717) is 55.2 Å². The number of carbonyl (C=O) groups is 5. The van der Waals surface area contributed by atoms with E-state index < -0.39 is 29.7 Å². The summed E-state index contributed by atoms with van der Waals surface area (Å²) in [5.74, 6) is -0.294. The molecule has 2 aromatic carbocycles. The summed E-state index contributed by atoms with van der Waals surface area (Å²) < 4.78 is 13.4. The maximum absolute atomic E-state index is 13.3. The van der Waals surface area contributed by atoms with Crippen molar-refractivity contribution in [2.24, 2.45) is 5.92 Å². The predicted octanol–water partition coefficient (Wildman–Crippen LogP) is 4.89. The minimum Gasteiger partial charge on any atom is -0.496 e. The SMILES string of the molecule is CCn1cc(-c2cc(OC)c(CN3CC(CC(=O)NCCCCCCCCNc4cccc5c4C(=O)N(C4CCC(=O)NC4=O)C5=O)C3)c(OC)c2)c2ccncc2c1=O. The number of unbranched alkanes of at least 4 members (excludes halogenated alkanes) is 5. The summed E-state index contributed by atoms with van der Waals surface area (Å²) >= 11 is 0. The van der Waals surface area contributed by atoms with Crippen LogP contribution in [0.25, 0.3) is 21.9 Å². The number of imide groups is 2. The maximum atomic E-state index is 13.3. The van der Waals surface area contributed by atoms with Gasteiger partial charge in [0.15, 0.2) is 0 Å². The number of likely N-dealkylation sites (tertiary alicyclic amines) is 1. The van der Waals surface area contributed by atoms with Crippen LogP contribution >= 0.6 is 0 Å². The molecule has 316 valence electrons. The van der Waals surface area contributed by atoms with Gasteiger partial charge in [-0.2, -0.15) is 0 Å². The average Bonchev–Trinajstić information content (AvgIpc) is 3.49. The molecular weight excluding hydrogens is 767 g/mol. The number of aromatic nitrogens is 2. The summed E-state index contributed by atoms with van der Waals surface area (Å²) in [5.41, 5.74) is 3.75. The smallest absolute Gasteiger partial charge is 0.264 e. The van der Waals surface area contributed by atoms with Gasteiger partial charge in [-0.15, -0.1) is 0 Å². The number of amides is 5. The van der Waals surface area contributed by atoms with Crippen LogP contribution in [0.2, 0.25) is 0 Å². The van der Waals surface area contributed by atoms with Crippen molar-refractivity contribution in [1.29, 1.82) is 0 Å². The molecule has 3 aliphatic rings. The number of methoxy groups -OCH3 is 2. The number of fused-ring (bicyclic) bond motifs is 2. The predicted molar refractivity (Wildman–Crippen MR) is 226 cm³/mol. The van der Waals surface area contributed by atoms with E-state index in [-0.39, 0.29) is 41.4 Å². The number of carbonyl (C=O) groups excluding carboxylic acids is 5. The summed E-state index contributed by atoms with van der Waals surface area (Å²) in [6, 6.07) is 9.93. The first-order chi connectivity index (χ1) is 29.1. The number of aryl methyl sites for hydroxylation is 1. The quantitative estimate of drug-likeness (QED) is 0.0866. The Bertz CT molecular complexity index is 2330. The average molecular weight is 820 g/mol. The third-order valence-electron chi connectivity index (χ3n) is 11.7. The highest BCUT2D eigenvalue weighted by Crippen LogP contribution is 2.39. The van der Waals surface area contributed by atoms with Gasteiger partial charge in [-0.1, -0.05) is 31.7 Å². The lowest BCUT2D eigenvalue weighted by atomic mass is 9.94. The molecule has 5 heterocycles. The summed E-state index contributed by atoms with van der Waals surface area (Å²) in [6.45, 7) is 5.99. The van der Waals surface area contributed by atoms with Crippen LogP contribution in [0.1, 0.15) is 91.0 Å². The molecule has 0 aliphatic carbocycles. The van der Waals surface area contributed by atoms with Crippen molar-refractivity contribution in [2.75, 3.05) is 45.7 Å². The van der Waals surface area contributed by atoms with Crippen LogP contribution < -0.4 is 31.0 Å². The van der Waals surface area contributed by atoms with Gasteiger partial charge in [0.05, 0.1) is 36.3 Å². The molecular formula is C45H53N7O8. The molecule has 7 rings (SSSR count). The Balaban J connectivity index is 0.787. The normalized spacial score (nSPS) is 16.8. The fourth-order valence-corrected chi connectivity index (χ4v) is 8.56.